The van der Waals surface area contributed by atoms with Gasteiger partial charge in [0.2, 0.25) is 0 Å². The second kappa shape index (κ2) is 12.5. The van der Waals surface area contributed by atoms with Crippen LogP contribution in [0.3, 0.4) is 0 Å². The normalized spacial score (nSPS) is 16.9. The third-order valence-corrected chi connectivity index (χ3v) is 4.57. The average molecular weight is 413 g/mol. The van der Waals surface area contributed by atoms with Crippen molar-refractivity contribution in [3.8, 4) is 0 Å². The average Bonchev–Trinajstić information content (AvgIpc) is 2.64. The van der Waals surface area contributed by atoms with Crippen molar-refractivity contribution in [1.29, 1.82) is 0 Å². The van der Waals surface area contributed by atoms with E-state index in [0.29, 0.717) is 13.2 Å². The van der Waals surface area contributed by atoms with Gasteiger partial charge in [0.1, 0.15) is 5.60 Å². The minimum Gasteiger partial charge on any atom is -0.466 e. The standard InChI is InChI=1S/C21H40N4O4/c1-7-10-17(24-20(27)29-21(4,5)6)15-23-19(22-8-2)25-13-11-16(12-14-25)18(26)28-9-3/h16-17H,7-15H2,1-6H3,(H,22,23)(H,24,27). The molecule has 1 unspecified atom stereocenters. The number of carbonyl (C=O) groups excluding carboxylic acids is 2. The van der Waals surface area contributed by atoms with Crippen LogP contribution in [0.1, 0.15) is 67.2 Å². The molecule has 1 aliphatic rings. The van der Waals surface area contributed by atoms with Gasteiger partial charge in [-0.25, -0.2) is 4.79 Å². The number of aliphatic imine (C=N–C) groups is 1. The van der Waals surface area contributed by atoms with Gasteiger partial charge in [-0.05, 0) is 53.9 Å². The van der Waals surface area contributed by atoms with Crippen molar-refractivity contribution in [2.45, 2.75) is 78.9 Å². The lowest BCUT2D eigenvalue weighted by atomic mass is 9.97. The molecular weight excluding hydrogens is 372 g/mol. The van der Waals surface area contributed by atoms with E-state index in [-0.39, 0.29) is 17.9 Å². The van der Waals surface area contributed by atoms with Gasteiger partial charge < -0.3 is 25.0 Å². The summed E-state index contributed by atoms with van der Waals surface area (Å²) in [6, 6.07) is -0.0828. The molecule has 1 fully saturated rings. The second-order valence-corrected chi connectivity index (χ2v) is 8.34. The highest BCUT2D eigenvalue weighted by molar-refractivity contribution is 5.80. The Morgan fingerprint density at radius 3 is 2.34 bits per heavy atom. The predicted octanol–water partition coefficient (Wildman–Crippen LogP) is 2.92. The number of hydrogen-bond donors (Lipinski definition) is 2. The van der Waals surface area contributed by atoms with E-state index in [1.807, 2.05) is 34.6 Å². The molecule has 0 radical (unpaired) electrons. The molecule has 0 saturated carbocycles. The van der Waals surface area contributed by atoms with Gasteiger partial charge in [-0.3, -0.25) is 9.79 Å². The van der Waals surface area contributed by atoms with E-state index in [0.717, 1.165) is 51.3 Å². The summed E-state index contributed by atoms with van der Waals surface area (Å²) in [5, 5.41) is 6.26. The van der Waals surface area contributed by atoms with Crippen LogP contribution in [-0.2, 0) is 14.3 Å². The Bertz CT molecular complexity index is 537. The van der Waals surface area contributed by atoms with E-state index < -0.39 is 11.7 Å². The number of likely N-dealkylation sites (tertiary alicyclic amines) is 1. The Morgan fingerprint density at radius 2 is 1.83 bits per heavy atom. The molecule has 8 nitrogen and oxygen atoms in total. The number of guanidine groups is 1. The molecule has 29 heavy (non-hydrogen) atoms. The van der Waals surface area contributed by atoms with Gasteiger partial charge in [0.25, 0.3) is 0 Å². The highest BCUT2D eigenvalue weighted by Crippen LogP contribution is 2.19. The van der Waals surface area contributed by atoms with Crippen molar-refractivity contribution >= 4 is 18.0 Å². The van der Waals surface area contributed by atoms with Crippen molar-refractivity contribution in [2.75, 3.05) is 32.8 Å². The SMILES string of the molecule is CCCC(CN=C(NCC)N1CCC(C(=O)OCC)CC1)NC(=O)OC(C)(C)C. The number of amides is 1. The summed E-state index contributed by atoms with van der Waals surface area (Å²) in [7, 11) is 0. The topological polar surface area (TPSA) is 92.3 Å². The lowest BCUT2D eigenvalue weighted by molar-refractivity contribution is -0.149. The van der Waals surface area contributed by atoms with Crippen LogP contribution in [0.5, 0.6) is 0 Å². The first-order valence-electron chi connectivity index (χ1n) is 10.9. The summed E-state index contributed by atoms with van der Waals surface area (Å²) in [5.41, 5.74) is -0.525. The molecule has 1 atom stereocenters. The van der Waals surface area contributed by atoms with Crippen LogP contribution >= 0.6 is 0 Å². The molecular formula is C21H40N4O4. The summed E-state index contributed by atoms with van der Waals surface area (Å²) in [6.45, 7) is 14.7. The molecule has 0 bridgehead atoms. The molecule has 0 aromatic heterocycles. The highest BCUT2D eigenvalue weighted by Gasteiger charge is 2.27. The van der Waals surface area contributed by atoms with E-state index in [1.165, 1.54) is 0 Å². The number of piperidine rings is 1. The maximum Gasteiger partial charge on any atom is 0.407 e. The Balaban J connectivity index is 2.68. The van der Waals surface area contributed by atoms with Gasteiger partial charge >= 0.3 is 12.1 Å². The van der Waals surface area contributed by atoms with Crippen LogP contribution in [0.4, 0.5) is 4.79 Å². The molecule has 0 aliphatic carbocycles. The third kappa shape index (κ3) is 9.85. The van der Waals surface area contributed by atoms with Gasteiger partial charge in [-0.2, -0.15) is 0 Å². The van der Waals surface area contributed by atoms with E-state index in [1.54, 1.807) is 0 Å². The zero-order valence-electron chi connectivity index (χ0n) is 19.0. The van der Waals surface area contributed by atoms with Gasteiger partial charge in [0, 0.05) is 19.6 Å². The third-order valence-electron chi connectivity index (χ3n) is 4.57. The van der Waals surface area contributed by atoms with E-state index >= 15 is 0 Å². The van der Waals surface area contributed by atoms with Crippen LogP contribution in [0.25, 0.3) is 0 Å². The number of rotatable bonds is 8. The number of carbonyl (C=O) groups is 2. The quantitative estimate of drug-likeness (QED) is 0.362. The lowest BCUT2D eigenvalue weighted by Crippen LogP contribution is -2.47. The number of hydrogen-bond acceptors (Lipinski definition) is 5. The number of alkyl carbamates (subject to hydrolysis) is 1. The van der Waals surface area contributed by atoms with Crippen LogP contribution in [0, 0.1) is 5.92 Å². The van der Waals surface area contributed by atoms with Crippen LogP contribution in [0.2, 0.25) is 0 Å². The number of ether oxygens (including phenoxy) is 2. The summed E-state index contributed by atoms with van der Waals surface area (Å²) in [4.78, 5) is 31.0. The Hall–Kier alpha value is -1.99. The summed E-state index contributed by atoms with van der Waals surface area (Å²) in [6.07, 6.45) is 2.88. The fourth-order valence-electron chi connectivity index (χ4n) is 3.24. The molecule has 168 valence electrons. The zero-order valence-corrected chi connectivity index (χ0v) is 19.0. The van der Waals surface area contributed by atoms with Gasteiger partial charge in [0.15, 0.2) is 5.96 Å². The van der Waals surface area contributed by atoms with Gasteiger partial charge in [-0.1, -0.05) is 13.3 Å². The minimum absolute atomic E-state index is 0.0317. The molecule has 1 rings (SSSR count). The molecule has 8 heteroatoms. The maximum absolute atomic E-state index is 12.1. The Kier molecular flexibility index (Phi) is 10.8. The van der Waals surface area contributed by atoms with Crippen molar-refractivity contribution in [2.24, 2.45) is 10.9 Å². The van der Waals surface area contributed by atoms with Crippen LogP contribution < -0.4 is 10.6 Å². The molecule has 1 heterocycles. The summed E-state index contributed by atoms with van der Waals surface area (Å²) in [5.74, 6) is 0.691. The predicted molar refractivity (Wildman–Crippen MR) is 115 cm³/mol. The van der Waals surface area contributed by atoms with E-state index in [4.69, 9.17) is 14.5 Å². The molecule has 0 aromatic rings. The fraction of sp³-hybridized carbons (Fsp3) is 0.857. The van der Waals surface area contributed by atoms with Crippen LogP contribution in [0.15, 0.2) is 4.99 Å². The summed E-state index contributed by atoms with van der Waals surface area (Å²) < 4.78 is 10.5. The fourth-order valence-corrected chi connectivity index (χ4v) is 3.24. The minimum atomic E-state index is -0.525. The first-order valence-corrected chi connectivity index (χ1v) is 10.9. The number of esters is 1. The molecule has 2 N–H and O–H groups in total. The largest absolute Gasteiger partial charge is 0.466 e. The number of nitrogens with zero attached hydrogens (tertiary/aromatic N) is 2. The second-order valence-electron chi connectivity index (χ2n) is 8.34. The highest BCUT2D eigenvalue weighted by atomic mass is 16.6. The lowest BCUT2D eigenvalue weighted by Gasteiger charge is -2.33. The van der Waals surface area contributed by atoms with Crippen molar-refractivity contribution in [3.63, 3.8) is 0 Å². The maximum atomic E-state index is 12.1. The van der Waals surface area contributed by atoms with E-state index in [2.05, 4.69) is 22.5 Å². The molecule has 1 amide bonds. The first kappa shape index (κ1) is 25.0. The van der Waals surface area contributed by atoms with Gasteiger partial charge in [0.05, 0.1) is 25.1 Å². The first-order chi connectivity index (χ1) is 13.7. The van der Waals surface area contributed by atoms with Gasteiger partial charge in [-0.15, -0.1) is 0 Å². The van der Waals surface area contributed by atoms with Crippen molar-refractivity contribution in [3.05, 3.63) is 0 Å². The molecule has 0 spiro atoms. The summed E-state index contributed by atoms with van der Waals surface area (Å²) >= 11 is 0. The Labute approximate surface area is 175 Å². The zero-order chi connectivity index (χ0) is 21.9. The van der Waals surface area contributed by atoms with Crippen molar-refractivity contribution in [1.82, 2.24) is 15.5 Å². The van der Waals surface area contributed by atoms with E-state index in [9.17, 15) is 9.59 Å². The smallest absolute Gasteiger partial charge is 0.407 e. The molecule has 0 aromatic carbocycles. The van der Waals surface area contributed by atoms with Crippen LogP contribution in [-0.4, -0.2) is 67.4 Å². The number of nitrogens with one attached hydrogen (secondary N) is 2. The molecule has 1 saturated heterocycles. The Morgan fingerprint density at radius 1 is 1.17 bits per heavy atom. The molecule has 1 aliphatic heterocycles. The van der Waals surface area contributed by atoms with Crippen molar-refractivity contribution < 1.29 is 19.1 Å². The monoisotopic (exact) mass is 412 g/mol.